The van der Waals surface area contributed by atoms with Crippen LogP contribution in [0.2, 0.25) is 5.02 Å². The first-order chi connectivity index (χ1) is 9.43. The first-order valence-corrected chi connectivity index (χ1v) is 7.51. The van der Waals surface area contributed by atoms with E-state index < -0.39 is 0 Å². The Morgan fingerprint density at radius 2 is 1.85 bits per heavy atom. The summed E-state index contributed by atoms with van der Waals surface area (Å²) >= 11 is 6.31. The van der Waals surface area contributed by atoms with E-state index in [9.17, 15) is 0 Å². The summed E-state index contributed by atoms with van der Waals surface area (Å²) in [5.41, 5.74) is 1.10. The van der Waals surface area contributed by atoms with Crippen LogP contribution in [0.15, 0.2) is 12.1 Å². The maximum atomic E-state index is 6.31. The van der Waals surface area contributed by atoms with Crippen LogP contribution in [0.25, 0.3) is 0 Å². The fourth-order valence-corrected chi connectivity index (χ4v) is 2.06. The number of halogens is 1. The molecule has 20 heavy (non-hydrogen) atoms. The first kappa shape index (κ1) is 17.1. The predicted octanol–water partition coefficient (Wildman–Crippen LogP) is 4.13. The second-order valence-electron chi connectivity index (χ2n) is 5.84. The molecule has 0 radical (unpaired) electrons. The molecule has 3 nitrogen and oxygen atoms in total. The van der Waals surface area contributed by atoms with Gasteiger partial charge in [-0.3, -0.25) is 0 Å². The van der Waals surface area contributed by atoms with E-state index in [2.05, 4.69) is 33.0 Å². The Hall–Kier alpha value is -0.930. The van der Waals surface area contributed by atoms with Gasteiger partial charge in [0.2, 0.25) is 0 Å². The highest BCUT2D eigenvalue weighted by molar-refractivity contribution is 6.32. The summed E-state index contributed by atoms with van der Waals surface area (Å²) in [7, 11) is 1.64. The number of nitrogens with one attached hydrogen (secondary N) is 1. The second-order valence-corrected chi connectivity index (χ2v) is 6.25. The van der Waals surface area contributed by atoms with Gasteiger partial charge in [0.1, 0.15) is 0 Å². The lowest BCUT2D eigenvalue weighted by atomic mass is 10.1. The van der Waals surface area contributed by atoms with Gasteiger partial charge in [-0.2, -0.15) is 0 Å². The van der Waals surface area contributed by atoms with Gasteiger partial charge < -0.3 is 14.8 Å². The molecule has 0 aromatic heterocycles. The molecule has 1 N–H and O–H groups in total. The van der Waals surface area contributed by atoms with Gasteiger partial charge in [0.25, 0.3) is 0 Å². The van der Waals surface area contributed by atoms with Crippen LogP contribution in [0.1, 0.15) is 33.3 Å². The number of benzene rings is 1. The summed E-state index contributed by atoms with van der Waals surface area (Å²) in [6, 6.07) is 3.92. The normalized spacial score (nSPS) is 11.2. The van der Waals surface area contributed by atoms with Crippen LogP contribution in [-0.2, 0) is 6.54 Å². The Bertz CT molecular complexity index is 419. The van der Waals surface area contributed by atoms with Crippen LogP contribution in [0.3, 0.4) is 0 Å². The van der Waals surface area contributed by atoms with Crippen molar-refractivity contribution in [2.75, 3.05) is 20.3 Å². The summed E-state index contributed by atoms with van der Waals surface area (Å²) in [5, 5.41) is 4.00. The van der Waals surface area contributed by atoms with Gasteiger partial charge >= 0.3 is 0 Å². The molecule has 0 heterocycles. The summed E-state index contributed by atoms with van der Waals surface area (Å²) in [5.74, 6) is 2.40. The van der Waals surface area contributed by atoms with E-state index in [-0.39, 0.29) is 0 Å². The van der Waals surface area contributed by atoms with E-state index in [4.69, 9.17) is 21.1 Å². The van der Waals surface area contributed by atoms with Crippen molar-refractivity contribution in [1.82, 2.24) is 5.32 Å². The third kappa shape index (κ3) is 5.59. The maximum absolute atomic E-state index is 6.31. The number of hydrogen-bond acceptors (Lipinski definition) is 3. The topological polar surface area (TPSA) is 30.5 Å². The molecular formula is C16H26ClNO2. The number of methoxy groups -OCH3 is 1. The first-order valence-electron chi connectivity index (χ1n) is 7.14. The van der Waals surface area contributed by atoms with E-state index in [0.717, 1.165) is 18.7 Å². The Labute approximate surface area is 127 Å². The number of hydrogen-bond donors (Lipinski definition) is 1. The monoisotopic (exact) mass is 299 g/mol. The van der Waals surface area contributed by atoms with Crippen molar-refractivity contribution in [3.05, 3.63) is 22.7 Å². The molecule has 114 valence electrons. The maximum Gasteiger partial charge on any atom is 0.179 e. The molecule has 0 unspecified atom stereocenters. The van der Waals surface area contributed by atoms with Gasteiger partial charge in [-0.1, -0.05) is 39.3 Å². The molecule has 1 aromatic carbocycles. The van der Waals surface area contributed by atoms with Crippen LogP contribution in [0.5, 0.6) is 11.5 Å². The molecule has 0 fully saturated rings. The van der Waals surface area contributed by atoms with Gasteiger partial charge in [0, 0.05) is 6.54 Å². The Morgan fingerprint density at radius 3 is 2.40 bits per heavy atom. The molecule has 0 aliphatic rings. The van der Waals surface area contributed by atoms with Crippen LogP contribution in [-0.4, -0.2) is 20.3 Å². The van der Waals surface area contributed by atoms with Crippen molar-refractivity contribution in [2.24, 2.45) is 11.8 Å². The summed E-state index contributed by atoms with van der Waals surface area (Å²) in [6.45, 7) is 11.0. The fourth-order valence-electron chi connectivity index (χ4n) is 1.77. The predicted molar refractivity (Wildman–Crippen MR) is 84.9 cm³/mol. The highest BCUT2D eigenvalue weighted by Crippen LogP contribution is 2.36. The Morgan fingerprint density at radius 1 is 1.15 bits per heavy atom. The van der Waals surface area contributed by atoms with Gasteiger partial charge in [0.05, 0.1) is 18.7 Å². The van der Waals surface area contributed by atoms with E-state index in [1.165, 1.54) is 0 Å². The van der Waals surface area contributed by atoms with Crippen molar-refractivity contribution >= 4 is 11.6 Å². The zero-order valence-electron chi connectivity index (χ0n) is 13.1. The molecule has 0 bridgehead atoms. The highest BCUT2D eigenvalue weighted by Gasteiger charge is 2.12. The van der Waals surface area contributed by atoms with Crippen LogP contribution in [0, 0.1) is 11.8 Å². The number of rotatable bonds is 8. The van der Waals surface area contributed by atoms with Crippen molar-refractivity contribution in [2.45, 2.75) is 34.2 Å². The molecule has 0 saturated carbocycles. The average molecular weight is 300 g/mol. The third-order valence-corrected chi connectivity index (χ3v) is 3.01. The minimum Gasteiger partial charge on any atom is -0.493 e. The summed E-state index contributed by atoms with van der Waals surface area (Å²) < 4.78 is 11.1. The molecule has 1 aromatic rings. The molecule has 0 aliphatic carbocycles. The smallest absolute Gasteiger partial charge is 0.179 e. The van der Waals surface area contributed by atoms with Gasteiger partial charge in [-0.15, -0.1) is 0 Å². The minimum absolute atomic E-state index is 0.447. The van der Waals surface area contributed by atoms with Crippen LogP contribution >= 0.6 is 11.6 Å². The van der Waals surface area contributed by atoms with Crippen molar-refractivity contribution in [3.8, 4) is 11.5 Å². The summed E-state index contributed by atoms with van der Waals surface area (Å²) in [4.78, 5) is 0. The molecule has 0 atom stereocenters. The quantitative estimate of drug-likeness (QED) is 0.783. The third-order valence-electron chi connectivity index (χ3n) is 2.73. The molecule has 1 rings (SSSR count). The lowest BCUT2D eigenvalue weighted by Gasteiger charge is -2.16. The molecule has 0 amide bonds. The van der Waals surface area contributed by atoms with E-state index in [1.807, 2.05) is 12.1 Å². The zero-order chi connectivity index (χ0) is 15.1. The van der Waals surface area contributed by atoms with E-state index in [0.29, 0.717) is 35.0 Å². The minimum atomic E-state index is 0.447. The van der Waals surface area contributed by atoms with Gasteiger partial charge in [-0.05, 0) is 36.1 Å². The molecule has 0 spiro atoms. The average Bonchev–Trinajstić information content (AvgIpc) is 2.36. The SMILES string of the molecule is COc1cc(CNCC(C)C)cc(Cl)c1OCC(C)C. The fraction of sp³-hybridized carbons (Fsp3) is 0.625. The van der Waals surface area contributed by atoms with E-state index >= 15 is 0 Å². The standard InChI is InChI=1S/C16H26ClNO2/c1-11(2)8-18-9-13-6-14(17)16(15(7-13)19-5)20-10-12(3)4/h6-7,11-12,18H,8-10H2,1-5H3. The van der Waals surface area contributed by atoms with Gasteiger partial charge in [0.15, 0.2) is 11.5 Å². The van der Waals surface area contributed by atoms with Crippen LogP contribution < -0.4 is 14.8 Å². The second kappa shape index (κ2) is 8.38. The van der Waals surface area contributed by atoms with E-state index in [1.54, 1.807) is 7.11 Å². The molecule has 0 aliphatic heterocycles. The molecular weight excluding hydrogens is 274 g/mol. The largest absolute Gasteiger partial charge is 0.493 e. The lowest BCUT2D eigenvalue weighted by molar-refractivity contribution is 0.257. The molecule has 0 saturated heterocycles. The number of ether oxygens (including phenoxy) is 2. The van der Waals surface area contributed by atoms with Crippen molar-refractivity contribution in [1.29, 1.82) is 0 Å². The lowest BCUT2D eigenvalue weighted by Crippen LogP contribution is -2.19. The Balaban J connectivity index is 2.78. The van der Waals surface area contributed by atoms with Crippen LogP contribution in [0.4, 0.5) is 0 Å². The zero-order valence-corrected chi connectivity index (χ0v) is 13.9. The Kier molecular flexibility index (Phi) is 7.17. The van der Waals surface area contributed by atoms with Crippen molar-refractivity contribution in [3.63, 3.8) is 0 Å². The highest BCUT2D eigenvalue weighted by atomic mass is 35.5. The molecule has 4 heteroatoms. The summed E-state index contributed by atoms with van der Waals surface area (Å²) in [6.07, 6.45) is 0. The van der Waals surface area contributed by atoms with Crippen molar-refractivity contribution < 1.29 is 9.47 Å². The van der Waals surface area contributed by atoms with Gasteiger partial charge in [-0.25, -0.2) is 0 Å².